The van der Waals surface area contributed by atoms with Crippen LogP contribution < -0.4 is 10.6 Å². The average Bonchev–Trinajstić information content (AvgIpc) is 2.77. The second-order valence-electron chi connectivity index (χ2n) is 7.33. The molecule has 0 fully saturated rings. The Hall–Kier alpha value is -2.99. The fourth-order valence-corrected chi connectivity index (χ4v) is 3.66. The molecule has 1 heterocycles. The Morgan fingerprint density at radius 1 is 1.10 bits per heavy atom. The molecule has 0 aliphatic heterocycles. The highest BCUT2D eigenvalue weighted by atomic mass is 35.5. The van der Waals surface area contributed by atoms with Gasteiger partial charge < -0.3 is 10.6 Å². The molecule has 154 valence electrons. The molecule has 1 aromatic heterocycles. The lowest BCUT2D eigenvalue weighted by Crippen LogP contribution is -2.31. The first kappa shape index (κ1) is 20.3. The van der Waals surface area contributed by atoms with Crippen molar-refractivity contribution in [3.63, 3.8) is 0 Å². The molecule has 2 aromatic carbocycles. The maximum absolute atomic E-state index is 13.1. The van der Waals surface area contributed by atoms with E-state index in [1.165, 1.54) is 12.1 Å². The van der Waals surface area contributed by atoms with Gasteiger partial charge in [-0.05, 0) is 55.2 Å². The quantitative estimate of drug-likeness (QED) is 0.546. The lowest BCUT2D eigenvalue weighted by atomic mass is 9.94. The van der Waals surface area contributed by atoms with Crippen LogP contribution in [0.25, 0.3) is 10.9 Å². The van der Waals surface area contributed by atoms with Crippen LogP contribution in [0.5, 0.6) is 0 Å². The van der Waals surface area contributed by atoms with Crippen molar-refractivity contribution in [2.45, 2.75) is 32.4 Å². The summed E-state index contributed by atoms with van der Waals surface area (Å²) in [5.41, 5.74) is 1.63. The minimum Gasteiger partial charge on any atom is -0.365 e. The summed E-state index contributed by atoms with van der Waals surface area (Å²) in [7, 11) is 0. The summed E-state index contributed by atoms with van der Waals surface area (Å²) in [6, 6.07) is 11.7. The molecular weight excluding hydrogens is 403 g/mol. The van der Waals surface area contributed by atoms with Gasteiger partial charge in [0.05, 0.1) is 12.1 Å². The molecule has 0 unspecified atom stereocenters. The van der Waals surface area contributed by atoms with Crippen LogP contribution in [-0.4, -0.2) is 15.9 Å². The Labute approximate surface area is 179 Å². The number of halogens is 2. The standard InChI is InChI=1S/C23H22ClFN4O/c24-17-8-11-19-20(12-17)28-21(14-27-23(30)16-4-2-1-3-5-16)29-22(19)26-13-15-6-9-18(25)10-7-15/h1-2,6-12,16H,3-5,13-14H2,(H,27,30)(H,26,28,29)/t16-/m1/s1. The molecule has 1 amide bonds. The number of hydrogen-bond acceptors (Lipinski definition) is 4. The maximum Gasteiger partial charge on any atom is 0.223 e. The van der Waals surface area contributed by atoms with E-state index < -0.39 is 0 Å². The lowest BCUT2D eigenvalue weighted by molar-refractivity contribution is -0.125. The molecule has 3 aromatic rings. The average molecular weight is 425 g/mol. The van der Waals surface area contributed by atoms with Gasteiger partial charge in [0, 0.05) is 22.9 Å². The van der Waals surface area contributed by atoms with Gasteiger partial charge in [-0.15, -0.1) is 0 Å². The van der Waals surface area contributed by atoms with E-state index in [9.17, 15) is 9.18 Å². The van der Waals surface area contributed by atoms with Crippen LogP contribution >= 0.6 is 11.6 Å². The van der Waals surface area contributed by atoms with Crippen LogP contribution in [0.15, 0.2) is 54.6 Å². The van der Waals surface area contributed by atoms with Crippen molar-refractivity contribution in [3.8, 4) is 0 Å². The van der Waals surface area contributed by atoms with E-state index in [-0.39, 0.29) is 24.2 Å². The van der Waals surface area contributed by atoms with Gasteiger partial charge in [0.2, 0.25) is 5.91 Å². The van der Waals surface area contributed by atoms with Crippen molar-refractivity contribution in [1.82, 2.24) is 15.3 Å². The Morgan fingerprint density at radius 2 is 1.93 bits per heavy atom. The number of amides is 1. The van der Waals surface area contributed by atoms with E-state index in [1.807, 2.05) is 6.07 Å². The van der Waals surface area contributed by atoms with E-state index in [2.05, 4.69) is 32.8 Å². The Bertz CT molecular complexity index is 1080. The fourth-order valence-electron chi connectivity index (χ4n) is 3.49. The number of anilines is 1. The Kier molecular flexibility index (Phi) is 6.23. The molecule has 0 radical (unpaired) electrons. The van der Waals surface area contributed by atoms with E-state index >= 15 is 0 Å². The summed E-state index contributed by atoms with van der Waals surface area (Å²) in [5.74, 6) is 0.903. The third kappa shape index (κ3) is 4.94. The number of fused-ring (bicyclic) bond motifs is 1. The molecule has 30 heavy (non-hydrogen) atoms. The molecule has 0 saturated heterocycles. The Balaban J connectivity index is 1.53. The number of nitrogens with one attached hydrogen (secondary N) is 2. The predicted octanol–water partition coefficient (Wildman–Crippen LogP) is 5.01. The smallest absolute Gasteiger partial charge is 0.223 e. The van der Waals surface area contributed by atoms with Gasteiger partial charge in [0.1, 0.15) is 11.6 Å². The highest BCUT2D eigenvalue weighted by Gasteiger charge is 2.19. The van der Waals surface area contributed by atoms with Crippen molar-refractivity contribution >= 4 is 34.2 Å². The molecule has 1 atom stereocenters. The first-order valence-corrected chi connectivity index (χ1v) is 10.3. The van der Waals surface area contributed by atoms with Crippen LogP contribution in [0.4, 0.5) is 10.2 Å². The molecule has 0 saturated carbocycles. The number of allylic oxidation sites excluding steroid dienone is 2. The molecule has 2 N–H and O–H groups in total. The summed E-state index contributed by atoms with van der Waals surface area (Å²) in [6.07, 6.45) is 6.73. The van der Waals surface area contributed by atoms with E-state index in [4.69, 9.17) is 11.6 Å². The summed E-state index contributed by atoms with van der Waals surface area (Å²) >= 11 is 6.15. The van der Waals surface area contributed by atoms with Crippen molar-refractivity contribution < 1.29 is 9.18 Å². The van der Waals surface area contributed by atoms with Gasteiger partial charge in [0.15, 0.2) is 5.82 Å². The van der Waals surface area contributed by atoms with Gasteiger partial charge in [-0.25, -0.2) is 14.4 Å². The minimum absolute atomic E-state index is 0.000900. The van der Waals surface area contributed by atoms with E-state index in [0.29, 0.717) is 28.7 Å². The maximum atomic E-state index is 13.1. The topological polar surface area (TPSA) is 66.9 Å². The van der Waals surface area contributed by atoms with E-state index in [0.717, 1.165) is 30.2 Å². The third-order valence-corrected chi connectivity index (χ3v) is 5.37. The van der Waals surface area contributed by atoms with Gasteiger partial charge in [0.25, 0.3) is 0 Å². The van der Waals surface area contributed by atoms with Crippen LogP contribution in [-0.2, 0) is 17.9 Å². The zero-order valence-corrected chi connectivity index (χ0v) is 17.1. The first-order chi connectivity index (χ1) is 14.6. The second-order valence-corrected chi connectivity index (χ2v) is 7.77. The van der Waals surface area contributed by atoms with Gasteiger partial charge in [-0.2, -0.15) is 0 Å². The van der Waals surface area contributed by atoms with Crippen LogP contribution in [0.3, 0.4) is 0 Å². The van der Waals surface area contributed by atoms with Crippen molar-refractivity contribution in [2.75, 3.05) is 5.32 Å². The second kappa shape index (κ2) is 9.22. The molecule has 0 spiro atoms. The normalized spacial score (nSPS) is 15.9. The number of benzene rings is 2. The molecule has 7 heteroatoms. The summed E-state index contributed by atoms with van der Waals surface area (Å²) in [6.45, 7) is 0.724. The predicted molar refractivity (Wildman–Crippen MR) is 117 cm³/mol. The number of hydrogen-bond donors (Lipinski definition) is 2. The number of carbonyl (C=O) groups is 1. The third-order valence-electron chi connectivity index (χ3n) is 5.14. The number of rotatable bonds is 6. The van der Waals surface area contributed by atoms with Crippen molar-refractivity contribution in [3.05, 3.63) is 76.8 Å². The largest absolute Gasteiger partial charge is 0.365 e. The minimum atomic E-state index is -0.271. The molecule has 1 aliphatic carbocycles. The van der Waals surface area contributed by atoms with Crippen LogP contribution in [0, 0.1) is 11.7 Å². The van der Waals surface area contributed by atoms with E-state index in [1.54, 1.807) is 24.3 Å². The van der Waals surface area contributed by atoms with Crippen molar-refractivity contribution in [2.24, 2.45) is 5.92 Å². The zero-order valence-electron chi connectivity index (χ0n) is 16.4. The van der Waals surface area contributed by atoms with Crippen LogP contribution in [0.1, 0.15) is 30.7 Å². The lowest BCUT2D eigenvalue weighted by Gasteiger charge is -2.17. The summed E-state index contributed by atoms with van der Waals surface area (Å²) in [4.78, 5) is 21.6. The highest BCUT2D eigenvalue weighted by molar-refractivity contribution is 6.31. The number of aromatic nitrogens is 2. The van der Waals surface area contributed by atoms with Crippen molar-refractivity contribution in [1.29, 1.82) is 0 Å². The molecule has 4 rings (SSSR count). The number of carbonyl (C=O) groups excluding carboxylic acids is 1. The number of nitrogens with zero attached hydrogens (tertiary/aromatic N) is 2. The summed E-state index contributed by atoms with van der Waals surface area (Å²) < 4.78 is 13.1. The summed E-state index contributed by atoms with van der Waals surface area (Å²) in [5, 5.41) is 7.66. The molecule has 0 bridgehead atoms. The Morgan fingerprint density at radius 3 is 2.70 bits per heavy atom. The van der Waals surface area contributed by atoms with Gasteiger partial charge in [-0.3, -0.25) is 4.79 Å². The fraction of sp³-hybridized carbons (Fsp3) is 0.261. The monoisotopic (exact) mass is 424 g/mol. The van der Waals surface area contributed by atoms with Crippen LogP contribution in [0.2, 0.25) is 5.02 Å². The van der Waals surface area contributed by atoms with Gasteiger partial charge >= 0.3 is 0 Å². The highest BCUT2D eigenvalue weighted by Crippen LogP contribution is 2.24. The first-order valence-electron chi connectivity index (χ1n) is 9.96. The molecular formula is C23H22ClFN4O. The van der Waals surface area contributed by atoms with Gasteiger partial charge in [-0.1, -0.05) is 35.9 Å². The molecule has 1 aliphatic rings. The molecule has 5 nitrogen and oxygen atoms in total. The SMILES string of the molecule is O=C(NCc1nc(NCc2ccc(F)cc2)c2ccc(Cl)cc2n1)[C@@H]1CC=CCC1. The zero-order chi connectivity index (χ0) is 20.9.